The minimum Gasteiger partial charge on any atom is -0.493 e. The van der Waals surface area contributed by atoms with Crippen LogP contribution >= 0.6 is 0 Å². The fourth-order valence-corrected chi connectivity index (χ4v) is 3.43. The van der Waals surface area contributed by atoms with Gasteiger partial charge in [-0.1, -0.05) is 24.2 Å². The highest BCUT2D eigenvalue weighted by Gasteiger charge is 2.36. The van der Waals surface area contributed by atoms with E-state index in [0.717, 1.165) is 6.42 Å². The van der Waals surface area contributed by atoms with Gasteiger partial charge in [-0.15, -0.1) is 0 Å². The van der Waals surface area contributed by atoms with Crippen molar-refractivity contribution in [2.45, 2.75) is 25.7 Å². The number of ether oxygens (including phenoxy) is 2. The number of benzene rings is 2. The van der Waals surface area contributed by atoms with Crippen molar-refractivity contribution in [3.05, 3.63) is 54.2 Å². The van der Waals surface area contributed by atoms with E-state index in [4.69, 9.17) is 14.0 Å². The van der Waals surface area contributed by atoms with Crippen LogP contribution in [0.4, 0.5) is 10.1 Å². The van der Waals surface area contributed by atoms with Crippen molar-refractivity contribution in [1.82, 2.24) is 10.1 Å². The van der Waals surface area contributed by atoms with Crippen molar-refractivity contribution in [3.63, 3.8) is 0 Å². The first-order chi connectivity index (χ1) is 14.6. The molecule has 156 valence electrons. The normalized spacial score (nSPS) is 16.2. The van der Waals surface area contributed by atoms with E-state index < -0.39 is 5.82 Å². The van der Waals surface area contributed by atoms with E-state index in [1.54, 1.807) is 37.4 Å². The number of para-hydroxylation sites is 1. The van der Waals surface area contributed by atoms with Gasteiger partial charge in [0.25, 0.3) is 0 Å². The zero-order chi connectivity index (χ0) is 21.1. The fourth-order valence-electron chi connectivity index (χ4n) is 3.43. The topological polar surface area (TPSA) is 77.7 Å². The van der Waals surface area contributed by atoms with Crippen LogP contribution in [0.15, 0.2) is 47.0 Å². The minimum absolute atomic E-state index is 0.177. The molecule has 2 heterocycles. The Morgan fingerprint density at radius 2 is 2.07 bits per heavy atom. The Morgan fingerprint density at radius 1 is 1.23 bits per heavy atom. The highest BCUT2D eigenvalue weighted by Crippen LogP contribution is 2.35. The highest BCUT2D eigenvalue weighted by molar-refractivity contribution is 5.96. The fraction of sp³-hybridized carbons (Fsp3) is 0.318. The molecule has 7 nitrogen and oxygen atoms in total. The molecule has 0 radical (unpaired) electrons. The Balaban J connectivity index is 1.53. The molecule has 0 N–H and O–H groups in total. The van der Waals surface area contributed by atoms with Gasteiger partial charge >= 0.3 is 0 Å². The van der Waals surface area contributed by atoms with E-state index in [1.807, 2.05) is 13.0 Å². The van der Waals surface area contributed by atoms with Crippen LogP contribution in [0.3, 0.4) is 0 Å². The molecule has 1 aliphatic heterocycles. The lowest BCUT2D eigenvalue weighted by molar-refractivity contribution is -0.117. The molecule has 0 saturated carbocycles. The first kappa shape index (κ1) is 19.9. The molecule has 8 heteroatoms. The zero-order valence-electron chi connectivity index (χ0n) is 16.8. The van der Waals surface area contributed by atoms with Crippen LogP contribution in [0.5, 0.6) is 11.5 Å². The van der Waals surface area contributed by atoms with Crippen molar-refractivity contribution >= 4 is 11.6 Å². The number of carbonyl (C=O) groups excluding carboxylic acids is 1. The van der Waals surface area contributed by atoms with Gasteiger partial charge in [-0.05, 0) is 36.8 Å². The van der Waals surface area contributed by atoms with Crippen LogP contribution in [0.25, 0.3) is 11.4 Å². The minimum atomic E-state index is -0.435. The maximum atomic E-state index is 14.1. The maximum absolute atomic E-state index is 14.1. The van der Waals surface area contributed by atoms with Gasteiger partial charge in [-0.25, -0.2) is 4.39 Å². The van der Waals surface area contributed by atoms with Gasteiger partial charge in [0.2, 0.25) is 17.6 Å². The first-order valence-corrected chi connectivity index (χ1v) is 9.80. The number of hydrogen-bond acceptors (Lipinski definition) is 6. The van der Waals surface area contributed by atoms with E-state index in [9.17, 15) is 9.18 Å². The lowest BCUT2D eigenvalue weighted by Gasteiger charge is -2.16. The number of methoxy groups -OCH3 is 1. The third kappa shape index (κ3) is 3.85. The molecule has 30 heavy (non-hydrogen) atoms. The summed E-state index contributed by atoms with van der Waals surface area (Å²) in [5.41, 5.74) is 0.970. The van der Waals surface area contributed by atoms with E-state index >= 15 is 0 Å². The van der Waals surface area contributed by atoms with Gasteiger partial charge in [0.1, 0.15) is 5.82 Å². The molecule has 1 saturated heterocycles. The molecule has 3 aromatic rings. The van der Waals surface area contributed by atoms with Crippen LogP contribution in [0.1, 0.15) is 31.6 Å². The molecular weight excluding hydrogens is 389 g/mol. The summed E-state index contributed by atoms with van der Waals surface area (Å²) in [6, 6.07) is 11.6. The third-order valence-electron chi connectivity index (χ3n) is 4.94. The maximum Gasteiger partial charge on any atom is 0.232 e. The van der Waals surface area contributed by atoms with Crippen LogP contribution in [0, 0.1) is 5.82 Å². The number of anilines is 1. The molecule has 2 aromatic carbocycles. The average Bonchev–Trinajstić information content (AvgIpc) is 3.39. The lowest BCUT2D eigenvalue weighted by Crippen LogP contribution is -2.25. The molecule has 1 amide bonds. The summed E-state index contributed by atoms with van der Waals surface area (Å²) in [5, 5.41) is 4.05. The SMILES string of the molecule is CCCOc1ccc(-c2noc(C3CC(=O)N(c4ccccc4F)C3)n2)cc1OC. The van der Waals surface area contributed by atoms with E-state index in [-0.39, 0.29) is 30.5 Å². The van der Waals surface area contributed by atoms with Crippen LogP contribution in [-0.2, 0) is 4.79 Å². The second kappa shape index (κ2) is 8.52. The smallest absolute Gasteiger partial charge is 0.232 e. The summed E-state index contributed by atoms with van der Waals surface area (Å²) in [6.45, 7) is 2.91. The number of aromatic nitrogens is 2. The number of amides is 1. The second-order valence-electron chi connectivity index (χ2n) is 7.03. The zero-order valence-corrected chi connectivity index (χ0v) is 16.8. The molecule has 0 aliphatic carbocycles. The molecule has 1 aromatic heterocycles. The van der Waals surface area contributed by atoms with E-state index in [1.165, 1.54) is 11.0 Å². The standard InChI is InChI=1S/C22H22FN3O4/c1-3-10-29-18-9-8-14(11-19(18)28-2)21-24-22(30-25-21)15-12-20(27)26(13-15)17-7-5-4-6-16(17)23/h4-9,11,15H,3,10,12-13H2,1-2H3. The van der Waals surface area contributed by atoms with Gasteiger partial charge in [-0.3, -0.25) is 4.79 Å². The predicted octanol–water partition coefficient (Wildman–Crippen LogP) is 4.19. The Morgan fingerprint density at radius 3 is 2.83 bits per heavy atom. The molecule has 1 atom stereocenters. The Labute approximate surface area is 173 Å². The van der Waals surface area contributed by atoms with Gasteiger partial charge in [0.05, 0.1) is 25.3 Å². The number of hydrogen-bond donors (Lipinski definition) is 0. The van der Waals surface area contributed by atoms with Crippen LogP contribution in [-0.4, -0.2) is 36.3 Å². The van der Waals surface area contributed by atoms with Gasteiger partial charge < -0.3 is 18.9 Å². The third-order valence-corrected chi connectivity index (χ3v) is 4.94. The lowest BCUT2D eigenvalue weighted by atomic mass is 10.1. The average molecular weight is 411 g/mol. The predicted molar refractivity (Wildman–Crippen MR) is 108 cm³/mol. The number of rotatable bonds is 7. The summed E-state index contributed by atoms with van der Waals surface area (Å²) in [7, 11) is 1.57. The summed E-state index contributed by atoms with van der Waals surface area (Å²) in [4.78, 5) is 18.3. The van der Waals surface area contributed by atoms with Crippen molar-refractivity contribution in [1.29, 1.82) is 0 Å². The molecule has 1 aliphatic rings. The van der Waals surface area contributed by atoms with Crippen molar-refractivity contribution < 1.29 is 23.2 Å². The monoisotopic (exact) mass is 411 g/mol. The Kier molecular flexibility index (Phi) is 5.65. The van der Waals surface area contributed by atoms with Crippen LogP contribution in [0.2, 0.25) is 0 Å². The van der Waals surface area contributed by atoms with E-state index in [0.29, 0.717) is 35.4 Å². The number of halogens is 1. The van der Waals surface area contributed by atoms with Gasteiger partial charge in [0.15, 0.2) is 11.5 Å². The van der Waals surface area contributed by atoms with E-state index in [2.05, 4.69) is 10.1 Å². The quantitative estimate of drug-likeness (QED) is 0.580. The summed E-state index contributed by atoms with van der Waals surface area (Å²) < 4.78 is 30.6. The summed E-state index contributed by atoms with van der Waals surface area (Å²) >= 11 is 0. The van der Waals surface area contributed by atoms with Gasteiger partial charge in [0, 0.05) is 18.5 Å². The summed E-state index contributed by atoms with van der Waals surface area (Å²) in [6.07, 6.45) is 1.08. The molecule has 0 bridgehead atoms. The molecule has 1 unspecified atom stereocenters. The second-order valence-corrected chi connectivity index (χ2v) is 7.03. The Bertz CT molecular complexity index is 1050. The summed E-state index contributed by atoms with van der Waals surface area (Å²) in [5.74, 6) is 1.05. The molecule has 0 spiro atoms. The Hall–Kier alpha value is -3.42. The molecule has 1 fully saturated rings. The van der Waals surface area contributed by atoms with Crippen molar-refractivity contribution in [3.8, 4) is 22.9 Å². The van der Waals surface area contributed by atoms with Crippen molar-refractivity contribution in [2.75, 3.05) is 25.2 Å². The number of carbonyl (C=O) groups is 1. The van der Waals surface area contributed by atoms with Crippen LogP contribution < -0.4 is 14.4 Å². The molecular formula is C22H22FN3O4. The number of nitrogens with zero attached hydrogens (tertiary/aromatic N) is 3. The highest BCUT2D eigenvalue weighted by atomic mass is 19.1. The van der Waals surface area contributed by atoms with Crippen molar-refractivity contribution in [2.24, 2.45) is 0 Å². The van der Waals surface area contributed by atoms with Gasteiger partial charge in [-0.2, -0.15) is 4.98 Å². The first-order valence-electron chi connectivity index (χ1n) is 9.80. The largest absolute Gasteiger partial charge is 0.493 e. The molecule has 4 rings (SSSR count).